The number of anilines is 1. The highest BCUT2D eigenvalue weighted by molar-refractivity contribution is 9.10. The maximum absolute atomic E-state index is 6.17. The van der Waals surface area contributed by atoms with Gasteiger partial charge in [0.1, 0.15) is 5.52 Å². The average Bonchev–Trinajstić information content (AvgIpc) is 2.67. The number of aromatic nitrogens is 3. The van der Waals surface area contributed by atoms with E-state index in [-0.39, 0.29) is 0 Å². The summed E-state index contributed by atoms with van der Waals surface area (Å²) in [6.45, 7) is 0. The minimum absolute atomic E-state index is 0.387. The molecule has 0 atom stereocenters. The zero-order valence-corrected chi connectivity index (χ0v) is 11.5. The van der Waals surface area contributed by atoms with E-state index in [1.165, 1.54) is 0 Å². The number of imidazole rings is 1. The quantitative estimate of drug-likeness (QED) is 0.746. The summed E-state index contributed by atoms with van der Waals surface area (Å²) >= 11 is 9.61. The highest BCUT2D eigenvalue weighted by Gasteiger charge is 2.13. The molecular formula is C12H8BrClN4. The van der Waals surface area contributed by atoms with E-state index in [0.717, 1.165) is 15.7 Å². The maximum Gasteiger partial charge on any atom is 0.206 e. The van der Waals surface area contributed by atoms with E-state index in [1.807, 2.05) is 28.8 Å². The molecule has 18 heavy (non-hydrogen) atoms. The maximum atomic E-state index is 6.17. The van der Waals surface area contributed by atoms with E-state index in [9.17, 15) is 0 Å². The van der Waals surface area contributed by atoms with Gasteiger partial charge < -0.3 is 5.73 Å². The summed E-state index contributed by atoms with van der Waals surface area (Å²) in [5.41, 5.74) is 8.30. The number of hydrogen-bond acceptors (Lipinski definition) is 3. The van der Waals surface area contributed by atoms with Crippen LogP contribution < -0.4 is 5.73 Å². The first-order chi connectivity index (χ1) is 8.66. The van der Waals surface area contributed by atoms with Crippen molar-refractivity contribution in [3.63, 3.8) is 0 Å². The zero-order chi connectivity index (χ0) is 12.7. The van der Waals surface area contributed by atoms with Crippen LogP contribution in [-0.2, 0) is 0 Å². The van der Waals surface area contributed by atoms with Gasteiger partial charge in [-0.3, -0.25) is 9.55 Å². The molecule has 2 N–H and O–H groups in total. The Labute approximate surface area is 117 Å². The van der Waals surface area contributed by atoms with E-state index >= 15 is 0 Å². The van der Waals surface area contributed by atoms with Crippen molar-refractivity contribution in [1.82, 2.24) is 14.5 Å². The Kier molecular flexibility index (Phi) is 2.72. The SMILES string of the molecule is Nc1nc2cncc(Cl)c2n1-c1cccc(Br)c1. The molecule has 0 spiro atoms. The summed E-state index contributed by atoms with van der Waals surface area (Å²) in [6.07, 6.45) is 3.23. The van der Waals surface area contributed by atoms with Crippen LogP contribution in [0, 0.1) is 0 Å². The van der Waals surface area contributed by atoms with Crippen LogP contribution in [0.25, 0.3) is 16.7 Å². The Balaban J connectivity index is 2.38. The van der Waals surface area contributed by atoms with Gasteiger partial charge in [0.25, 0.3) is 0 Å². The molecule has 0 saturated carbocycles. The van der Waals surface area contributed by atoms with Crippen LogP contribution in [0.15, 0.2) is 41.1 Å². The first-order valence-corrected chi connectivity index (χ1v) is 6.37. The lowest BCUT2D eigenvalue weighted by Gasteiger charge is -2.07. The molecule has 0 fully saturated rings. The fraction of sp³-hybridized carbons (Fsp3) is 0. The first kappa shape index (κ1) is 11.5. The van der Waals surface area contributed by atoms with Gasteiger partial charge in [-0.15, -0.1) is 0 Å². The standard InChI is InChI=1S/C12H8BrClN4/c13-7-2-1-3-8(4-7)18-11-9(14)5-16-6-10(11)17-12(18)15/h1-6H,(H2,15,17). The number of nitrogens with zero attached hydrogens (tertiary/aromatic N) is 3. The van der Waals surface area contributed by atoms with Gasteiger partial charge in [0.05, 0.1) is 22.4 Å². The van der Waals surface area contributed by atoms with Crippen molar-refractivity contribution in [1.29, 1.82) is 0 Å². The Morgan fingerprint density at radius 3 is 2.89 bits per heavy atom. The number of fused-ring (bicyclic) bond motifs is 1. The van der Waals surface area contributed by atoms with Crippen LogP contribution in [0.4, 0.5) is 5.95 Å². The second-order valence-corrected chi connectivity index (χ2v) is 5.10. The van der Waals surface area contributed by atoms with Gasteiger partial charge in [-0.1, -0.05) is 33.6 Å². The third-order valence-electron chi connectivity index (χ3n) is 2.61. The molecule has 1 aromatic carbocycles. The van der Waals surface area contributed by atoms with Gasteiger partial charge in [0.2, 0.25) is 5.95 Å². The molecule has 2 heterocycles. The molecule has 3 aromatic rings. The molecule has 6 heteroatoms. The van der Waals surface area contributed by atoms with E-state index in [1.54, 1.807) is 12.4 Å². The molecule has 0 aliphatic carbocycles. The molecule has 0 amide bonds. The predicted octanol–water partition coefficient (Wildman–Crippen LogP) is 3.42. The van der Waals surface area contributed by atoms with Crippen molar-refractivity contribution in [3.8, 4) is 5.69 Å². The first-order valence-electron chi connectivity index (χ1n) is 5.20. The lowest BCUT2D eigenvalue weighted by atomic mass is 10.3. The van der Waals surface area contributed by atoms with Gasteiger partial charge >= 0.3 is 0 Å². The normalized spacial score (nSPS) is 11.0. The molecule has 3 rings (SSSR count). The monoisotopic (exact) mass is 322 g/mol. The van der Waals surface area contributed by atoms with E-state index in [4.69, 9.17) is 17.3 Å². The molecule has 0 unspecified atom stereocenters. The van der Waals surface area contributed by atoms with Crippen LogP contribution >= 0.6 is 27.5 Å². The van der Waals surface area contributed by atoms with Gasteiger partial charge in [-0.05, 0) is 18.2 Å². The van der Waals surface area contributed by atoms with Crippen molar-refractivity contribution in [2.45, 2.75) is 0 Å². The number of halogens is 2. The number of nitrogen functional groups attached to an aromatic ring is 1. The van der Waals surface area contributed by atoms with E-state index in [0.29, 0.717) is 16.5 Å². The number of hydrogen-bond donors (Lipinski definition) is 1. The fourth-order valence-corrected chi connectivity index (χ4v) is 2.51. The van der Waals surface area contributed by atoms with Crippen LogP contribution in [0.1, 0.15) is 0 Å². The summed E-state index contributed by atoms with van der Waals surface area (Å²) < 4.78 is 2.77. The second-order valence-electron chi connectivity index (χ2n) is 3.77. The molecular weight excluding hydrogens is 316 g/mol. The Bertz CT molecular complexity index is 738. The topological polar surface area (TPSA) is 56.7 Å². The summed E-state index contributed by atoms with van der Waals surface area (Å²) in [5, 5.41) is 0.525. The average molecular weight is 324 g/mol. The minimum Gasteiger partial charge on any atom is -0.369 e. The molecule has 2 aromatic heterocycles. The van der Waals surface area contributed by atoms with Crippen LogP contribution in [0.5, 0.6) is 0 Å². The number of rotatable bonds is 1. The van der Waals surface area contributed by atoms with Crippen molar-refractivity contribution >= 4 is 44.5 Å². The Hall–Kier alpha value is -1.59. The molecule has 0 aliphatic rings. The van der Waals surface area contributed by atoms with Crippen LogP contribution in [0.3, 0.4) is 0 Å². The van der Waals surface area contributed by atoms with Crippen molar-refractivity contribution in [2.24, 2.45) is 0 Å². The lowest BCUT2D eigenvalue weighted by molar-refractivity contribution is 1.11. The van der Waals surface area contributed by atoms with Gasteiger partial charge in [0, 0.05) is 10.7 Å². The zero-order valence-electron chi connectivity index (χ0n) is 9.14. The third kappa shape index (κ3) is 1.76. The third-order valence-corrected chi connectivity index (χ3v) is 3.38. The lowest BCUT2D eigenvalue weighted by Crippen LogP contribution is -2.00. The molecule has 0 radical (unpaired) electrons. The number of benzene rings is 1. The van der Waals surface area contributed by atoms with Crippen molar-refractivity contribution in [2.75, 3.05) is 5.73 Å². The minimum atomic E-state index is 0.387. The smallest absolute Gasteiger partial charge is 0.206 e. The number of pyridine rings is 1. The van der Waals surface area contributed by atoms with E-state index in [2.05, 4.69) is 25.9 Å². The van der Waals surface area contributed by atoms with Gasteiger partial charge in [-0.25, -0.2) is 4.98 Å². The van der Waals surface area contributed by atoms with E-state index < -0.39 is 0 Å². The van der Waals surface area contributed by atoms with Crippen LogP contribution in [0.2, 0.25) is 5.02 Å². The molecule has 0 bridgehead atoms. The number of nitrogens with two attached hydrogens (primary N) is 1. The van der Waals surface area contributed by atoms with Gasteiger partial charge in [0.15, 0.2) is 0 Å². The Morgan fingerprint density at radius 1 is 1.28 bits per heavy atom. The highest BCUT2D eigenvalue weighted by Crippen LogP contribution is 2.28. The van der Waals surface area contributed by atoms with Gasteiger partial charge in [-0.2, -0.15) is 0 Å². The van der Waals surface area contributed by atoms with Crippen molar-refractivity contribution < 1.29 is 0 Å². The molecule has 0 aliphatic heterocycles. The van der Waals surface area contributed by atoms with Crippen LogP contribution in [-0.4, -0.2) is 14.5 Å². The summed E-state index contributed by atoms with van der Waals surface area (Å²) in [7, 11) is 0. The Morgan fingerprint density at radius 2 is 2.11 bits per heavy atom. The summed E-state index contributed by atoms with van der Waals surface area (Å²) in [5.74, 6) is 0.387. The summed E-state index contributed by atoms with van der Waals surface area (Å²) in [4.78, 5) is 8.26. The molecule has 4 nitrogen and oxygen atoms in total. The predicted molar refractivity (Wildman–Crippen MR) is 76.0 cm³/mol. The highest BCUT2D eigenvalue weighted by atomic mass is 79.9. The molecule has 0 saturated heterocycles. The summed E-state index contributed by atoms with van der Waals surface area (Å²) in [6, 6.07) is 7.77. The largest absolute Gasteiger partial charge is 0.369 e. The second kappa shape index (κ2) is 4.26. The van der Waals surface area contributed by atoms with Crippen molar-refractivity contribution in [3.05, 3.63) is 46.2 Å². The fourth-order valence-electron chi connectivity index (χ4n) is 1.89. The molecule has 90 valence electrons.